The van der Waals surface area contributed by atoms with E-state index in [9.17, 15) is 4.79 Å². The average molecular weight is 147 g/mol. The van der Waals surface area contributed by atoms with E-state index in [0.717, 1.165) is 11.7 Å². The van der Waals surface area contributed by atoms with E-state index in [2.05, 4.69) is 5.16 Å². The Morgan fingerprint density at radius 1 is 1.45 bits per heavy atom. The highest BCUT2D eigenvalue weighted by atomic mass is 16.5. The van der Waals surface area contributed by atoms with Crippen molar-refractivity contribution in [3.63, 3.8) is 0 Å². The topological polar surface area (TPSA) is 43.1 Å². The zero-order valence-electron chi connectivity index (χ0n) is 5.65. The van der Waals surface area contributed by atoms with Gasteiger partial charge in [-0.2, -0.15) is 0 Å². The Morgan fingerprint density at radius 2 is 2.36 bits per heavy atom. The van der Waals surface area contributed by atoms with Crippen LogP contribution in [-0.2, 0) is 0 Å². The second-order valence-corrected chi connectivity index (χ2v) is 2.24. The van der Waals surface area contributed by atoms with Crippen molar-refractivity contribution in [2.24, 2.45) is 0 Å². The van der Waals surface area contributed by atoms with Crippen LogP contribution in [-0.4, -0.2) is 11.4 Å². The number of carbonyl (C=O) groups is 1. The van der Waals surface area contributed by atoms with Gasteiger partial charge in [0.05, 0.1) is 6.20 Å². The van der Waals surface area contributed by atoms with E-state index in [0.29, 0.717) is 11.1 Å². The van der Waals surface area contributed by atoms with Crippen molar-refractivity contribution >= 4 is 17.3 Å². The molecule has 0 unspecified atom stereocenters. The van der Waals surface area contributed by atoms with Gasteiger partial charge in [0.15, 0.2) is 5.58 Å². The molecular formula is C8H5NO2. The number of aldehydes is 1. The molecule has 0 aliphatic carbocycles. The van der Waals surface area contributed by atoms with Gasteiger partial charge in [0.2, 0.25) is 0 Å². The number of hydrogen-bond acceptors (Lipinski definition) is 3. The number of benzene rings is 1. The number of carbonyl (C=O) groups excluding carboxylic acids is 1. The molecule has 1 aromatic carbocycles. The maximum atomic E-state index is 10.3. The molecule has 0 bridgehead atoms. The van der Waals surface area contributed by atoms with E-state index in [-0.39, 0.29) is 0 Å². The van der Waals surface area contributed by atoms with Gasteiger partial charge < -0.3 is 4.52 Å². The molecule has 0 amide bonds. The van der Waals surface area contributed by atoms with E-state index in [1.54, 1.807) is 24.4 Å². The van der Waals surface area contributed by atoms with Crippen LogP contribution < -0.4 is 0 Å². The minimum atomic E-state index is 0.606. The lowest BCUT2D eigenvalue weighted by atomic mass is 10.2. The first-order valence-electron chi connectivity index (χ1n) is 3.20. The van der Waals surface area contributed by atoms with Crippen molar-refractivity contribution in [1.82, 2.24) is 5.16 Å². The third-order valence-corrected chi connectivity index (χ3v) is 1.52. The van der Waals surface area contributed by atoms with Gasteiger partial charge in [-0.05, 0) is 12.1 Å². The second-order valence-electron chi connectivity index (χ2n) is 2.24. The summed E-state index contributed by atoms with van der Waals surface area (Å²) in [5.41, 5.74) is 1.25. The molecule has 0 aliphatic heterocycles. The quantitative estimate of drug-likeness (QED) is 0.576. The van der Waals surface area contributed by atoms with Gasteiger partial charge in [0, 0.05) is 10.9 Å². The Balaban J connectivity index is 2.76. The van der Waals surface area contributed by atoms with Crippen LogP contribution in [0.5, 0.6) is 0 Å². The molecule has 0 aliphatic rings. The summed E-state index contributed by atoms with van der Waals surface area (Å²) in [6.45, 7) is 0. The minimum absolute atomic E-state index is 0.606. The number of fused-ring (bicyclic) bond motifs is 1. The molecule has 3 heteroatoms. The largest absolute Gasteiger partial charge is 0.356 e. The van der Waals surface area contributed by atoms with Crippen LogP contribution >= 0.6 is 0 Å². The highest BCUT2D eigenvalue weighted by Crippen LogP contribution is 2.13. The summed E-state index contributed by atoms with van der Waals surface area (Å²) in [6, 6.07) is 5.19. The van der Waals surface area contributed by atoms with Crippen molar-refractivity contribution in [2.75, 3.05) is 0 Å². The molecule has 0 fully saturated rings. The van der Waals surface area contributed by atoms with Crippen LogP contribution in [0.2, 0.25) is 0 Å². The Hall–Kier alpha value is -1.64. The second kappa shape index (κ2) is 2.20. The van der Waals surface area contributed by atoms with Crippen molar-refractivity contribution in [3.8, 4) is 0 Å². The molecule has 54 valence electrons. The summed E-state index contributed by atoms with van der Waals surface area (Å²) in [4.78, 5) is 10.3. The fourth-order valence-electron chi connectivity index (χ4n) is 0.950. The van der Waals surface area contributed by atoms with Crippen LogP contribution in [0.1, 0.15) is 10.4 Å². The van der Waals surface area contributed by atoms with Crippen LogP contribution in [0, 0.1) is 0 Å². The van der Waals surface area contributed by atoms with E-state index in [4.69, 9.17) is 4.52 Å². The lowest BCUT2D eigenvalue weighted by Gasteiger charge is -1.86. The fourth-order valence-corrected chi connectivity index (χ4v) is 0.950. The van der Waals surface area contributed by atoms with Crippen molar-refractivity contribution in [3.05, 3.63) is 30.0 Å². The summed E-state index contributed by atoms with van der Waals surface area (Å²) < 4.78 is 4.85. The smallest absolute Gasteiger partial charge is 0.167 e. The van der Waals surface area contributed by atoms with Crippen LogP contribution in [0.15, 0.2) is 28.9 Å². The van der Waals surface area contributed by atoms with Crippen LogP contribution in [0.3, 0.4) is 0 Å². The molecule has 2 rings (SSSR count). The monoisotopic (exact) mass is 147 g/mol. The van der Waals surface area contributed by atoms with Crippen molar-refractivity contribution in [2.45, 2.75) is 0 Å². The molecular weight excluding hydrogens is 142 g/mol. The van der Waals surface area contributed by atoms with E-state index >= 15 is 0 Å². The number of nitrogens with zero attached hydrogens (tertiary/aromatic N) is 1. The van der Waals surface area contributed by atoms with Gasteiger partial charge in [-0.25, -0.2) is 0 Å². The lowest BCUT2D eigenvalue weighted by Crippen LogP contribution is -1.75. The molecule has 0 spiro atoms. The molecule has 0 atom stereocenters. The van der Waals surface area contributed by atoms with Gasteiger partial charge in [0.1, 0.15) is 6.29 Å². The van der Waals surface area contributed by atoms with E-state index < -0.39 is 0 Å². The lowest BCUT2D eigenvalue weighted by molar-refractivity contribution is 0.112. The third-order valence-electron chi connectivity index (χ3n) is 1.52. The molecule has 0 radical (unpaired) electrons. The normalized spacial score (nSPS) is 10.2. The van der Waals surface area contributed by atoms with Crippen LogP contribution in [0.4, 0.5) is 0 Å². The predicted octanol–water partition coefficient (Wildman–Crippen LogP) is 1.64. The average Bonchev–Trinajstić information content (AvgIpc) is 2.50. The zero-order valence-corrected chi connectivity index (χ0v) is 5.65. The van der Waals surface area contributed by atoms with E-state index in [1.807, 2.05) is 0 Å². The molecule has 1 heterocycles. The summed E-state index contributed by atoms with van der Waals surface area (Å²) in [5, 5.41) is 4.50. The first-order chi connectivity index (χ1) is 5.40. The van der Waals surface area contributed by atoms with Crippen LogP contribution in [0.25, 0.3) is 11.0 Å². The standard InChI is InChI=1S/C8H5NO2/c10-5-6-1-2-7-4-9-11-8(7)3-6/h1-5H. The zero-order chi connectivity index (χ0) is 7.68. The molecule has 2 aromatic rings. The van der Waals surface area contributed by atoms with Crippen molar-refractivity contribution in [1.29, 1.82) is 0 Å². The molecule has 1 aromatic heterocycles. The third kappa shape index (κ3) is 0.902. The SMILES string of the molecule is O=Cc1ccc2cnoc2c1. The van der Waals surface area contributed by atoms with Crippen molar-refractivity contribution < 1.29 is 9.32 Å². The molecule has 0 N–H and O–H groups in total. The summed E-state index contributed by atoms with van der Waals surface area (Å²) >= 11 is 0. The highest BCUT2D eigenvalue weighted by molar-refractivity contribution is 5.84. The maximum absolute atomic E-state index is 10.3. The first kappa shape index (κ1) is 6.09. The van der Waals surface area contributed by atoms with Gasteiger partial charge in [0.25, 0.3) is 0 Å². The Kier molecular flexibility index (Phi) is 1.22. The summed E-state index contributed by atoms with van der Waals surface area (Å²) in [5.74, 6) is 0. The minimum Gasteiger partial charge on any atom is -0.356 e. The summed E-state index contributed by atoms with van der Waals surface area (Å²) in [7, 11) is 0. The number of aromatic nitrogens is 1. The van der Waals surface area contributed by atoms with E-state index in [1.165, 1.54) is 0 Å². The van der Waals surface area contributed by atoms with Gasteiger partial charge in [-0.3, -0.25) is 4.79 Å². The highest BCUT2D eigenvalue weighted by Gasteiger charge is 1.97. The number of rotatable bonds is 1. The Morgan fingerprint density at radius 3 is 3.18 bits per heavy atom. The fraction of sp³-hybridized carbons (Fsp3) is 0. The first-order valence-corrected chi connectivity index (χ1v) is 3.20. The summed E-state index contributed by atoms with van der Waals surface area (Å²) in [6.07, 6.45) is 2.39. The maximum Gasteiger partial charge on any atom is 0.167 e. The van der Waals surface area contributed by atoms with Gasteiger partial charge in [-0.1, -0.05) is 11.2 Å². The molecule has 0 saturated heterocycles. The Bertz CT molecular complexity index is 392. The molecule has 0 saturated carbocycles. The Labute approximate surface area is 62.6 Å². The number of hydrogen-bond donors (Lipinski definition) is 0. The molecule has 3 nitrogen and oxygen atoms in total. The van der Waals surface area contributed by atoms with Gasteiger partial charge >= 0.3 is 0 Å². The predicted molar refractivity (Wildman–Crippen MR) is 39.4 cm³/mol. The molecule has 11 heavy (non-hydrogen) atoms. The van der Waals surface area contributed by atoms with Gasteiger partial charge in [-0.15, -0.1) is 0 Å².